The van der Waals surface area contributed by atoms with E-state index in [1.807, 2.05) is 6.07 Å². The summed E-state index contributed by atoms with van der Waals surface area (Å²) in [6.07, 6.45) is 1.72. The molecule has 2 aromatic carbocycles. The van der Waals surface area contributed by atoms with Gasteiger partial charge >= 0.3 is 0 Å². The molecule has 1 aliphatic carbocycles. The summed E-state index contributed by atoms with van der Waals surface area (Å²) in [6, 6.07) is 11.7. The predicted octanol–water partition coefficient (Wildman–Crippen LogP) is 2.54. The third-order valence-electron chi connectivity index (χ3n) is 4.58. The van der Waals surface area contributed by atoms with Gasteiger partial charge in [0.2, 0.25) is 10.0 Å². The smallest absolute Gasteiger partial charge is 0.238 e. The number of hydrogen-bond donors (Lipinski definition) is 2. The molecule has 0 amide bonds. The molecule has 0 saturated heterocycles. The minimum absolute atomic E-state index is 0.119. The van der Waals surface area contributed by atoms with E-state index < -0.39 is 10.0 Å². The SMILES string of the molecule is C[C@@H]1Cc2ccc(F)cc2[C@@H]1NCCc1ccc(S(N)(=O)=O)cc1. The molecule has 0 fully saturated rings. The molecule has 0 spiro atoms. The van der Waals surface area contributed by atoms with Gasteiger partial charge in [-0.2, -0.15) is 0 Å². The highest BCUT2D eigenvalue weighted by Gasteiger charge is 2.29. The second kappa shape index (κ2) is 6.63. The predicted molar refractivity (Wildman–Crippen MR) is 91.5 cm³/mol. The van der Waals surface area contributed by atoms with Crippen LogP contribution in [0.4, 0.5) is 4.39 Å². The maximum Gasteiger partial charge on any atom is 0.238 e. The molecular formula is C18H21FN2O2S. The molecule has 0 unspecified atom stereocenters. The van der Waals surface area contributed by atoms with E-state index in [1.165, 1.54) is 23.8 Å². The highest BCUT2D eigenvalue weighted by molar-refractivity contribution is 7.89. The van der Waals surface area contributed by atoms with Gasteiger partial charge in [0.15, 0.2) is 0 Å². The largest absolute Gasteiger partial charge is 0.309 e. The zero-order chi connectivity index (χ0) is 17.3. The van der Waals surface area contributed by atoms with Crippen LogP contribution in [0, 0.1) is 11.7 Å². The summed E-state index contributed by atoms with van der Waals surface area (Å²) in [5, 5.41) is 8.59. The van der Waals surface area contributed by atoms with Gasteiger partial charge in [-0.15, -0.1) is 0 Å². The first-order chi connectivity index (χ1) is 11.3. The van der Waals surface area contributed by atoms with Crippen LogP contribution in [-0.4, -0.2) is 15.0 Å². The van der Waals surface area contributed by atoms with Gasteiger partial charge in [0.1, 0.15) is 5.82 Å². The number of nitrogens with one attached hydrogen (secondary N) is 1. The summed E-state index contributed by atoms with van der Waals surface area (Å²) >= 11 is 0. The Hall–Kier alpha value is -1.76. The van der Waals surface area contributed by atoms with Gasteiger partial charge in [0.25, 0.3) is 0 Å². The number of fused-ring (bicyclic) bond motifs is 1. The van der Waals surface area contributed by atoms with Crippen molar-refractivity contribution in [2.75, 3.05) is 6.54 Å². The summed E-state index contributed by atoms with van der Waals surface area (Å²) in [7, 11) is -3.65. The summed E-state index contributed by atoms with van der Waals surface area (Å²) in [5.41, 5.74) is 3.28. The van der Waals surface area contributed by atoms with Crippen molar-refractivity contribution in [3.63, 3.8) is 0 Å². The minimum Gasteiger partial charge on any atom is -0.309 e. The Morgan fingerprint density at radius 3 is 2.58 bits per heavy atom. The van der Waals surface area contributed by atoms with E-state index >= 15 is 0 Å². The average molecular weight is 348 g/mol. The Morgan fingerprint density at radius 2 is 1.92 bits per heavy atom. The van der Waals surface area contributed by atoms with Crippen LogP contribution >= 0.6 is 0 Å². The van der Waals surface area contributed by atoms with Gasteiger partial charge in [-0.1, -0.05) is 25.1 Å². The first-order valence-electron chi connectivity index (χ1n) is 7.98. The summed E-state index contributed by atoms with van der Waals surface area (Å²) in [4.78, 5) is 0.119. The van der Waals surface area contributed by atoms with Crippen molar-refractivity contribution < 1.29 is 12.8 Å². The monoisotopic (exact) mass is 348 g/mol. The molecule has 0 radical (unpaired) electrons. The number of nitrogens with two attached hydrogens (primary N) is 1. The van der Waals surface area contributed by atoms with E-state index in [2.05, 4.69) is 12.2 Å². The molecule has 2 atom stereocenters. The fraction of sp³-hybridized carbons (Fsp3) is 0.333. The van der Waals surface area contributed by atoms with Crippen LogP contribution in [0.3, 0.4) is 0 Å². The highest BCUT2D eigenvalue weighted by atomic mass is 32.2. The fourth-order valence-corrected chi connectivity index (χ4v) is 3.86. The van der Waals surface area contributed by atoms with Crippen LogP contribution < -0.4 is 10.5 Å². The van der Waals surface area contributed by atoms with Crippen molar-refractivity contribution in [2.24, 2.45) is 11.1 Å². The number of benzene rings is 2. The Labute approximate surface area is 141 Å². The van der Waals surface area contributed by atoms with E-state index in [9.17, 15) is 12.8 Å². The van der Waals surface area contributed by atoms with Gasteiger partial charge in [-0.05, 0) is 66.3 Å². The Kier molecular flexibility index (Phi) is 4.71. The normalized spacial score (nSPS) is 20.1. The first-order valence-corrected chi connectivity index (χ1v) is 9.52. The third kappa shape index (κ3) is 3.66. The highest BCUT2D eigenvalue weighted by Crippen LogP contribution is 2.36. The number of hydrogen-bond acceptors (Lipinski definition) is 3. The maximum atomic E-state index is 13.5. The van der Waals surface area contributed by atoms with Crippen molar-refractivity contribution in [1.29, 1.82) is 0 Å². The van der Waals surface area contributed by atoms with Crippen molar-refractivity contribution in [3.8, 4) is 0 Å². The number of primary sulfonamides is 1. The zero-order valence-electron chi connectivity index (χ0n) is 13.5. The number of rotatable bonds is 5. The molecular weight excluding hydrogens is 327 g/mol. The van der Waals surface area contributed by atoms with Crippen molar-refractivity contribution >= 4 is 10.0 Å². The van der Waals surface area contributed by atoms with Crippen LogP contribution in [0.15, 0.2) is 47.4 Å². The van der Waals surface area contributed by atoms with Crippen LogP contribution in [0.5, 0.6) is 0 Å². The van der Waals surface area contributed by atoms with Crippen LogP contribution in [0.25, 0.3) is 0 Å². The second-order valence-electron chi connectivity index (χ2n) is 6.40. The van der Waals surface area contributed by atoms with E-state index in [1.54, 1.807) is 18.2 Å². The van der Waals surface area contributed by atoms with E-state index in [-0.39, 0.29) is 16.8 Å². The van der Waals surface area contributed by atoms with E-state index in [0.29, 0.717) is 5.92 Å². The molecule has 0 aromatic heterocycles. The van der Waals surface area contributed by atoms with E-state index in [4.69, 9.17) is 5.14 Å². The lowest BCUT2D eigenvalue weighted by molar-refractivity contribution is 0.418. The number of halogens is 1. The van der Waals surface area contributed by atoms with E-state index in [0.717, 1.165) is 30.5 Å². The van der Waals surface area contributed by atoms with Gasteiger partial charge in [0.05, 0.1) is 4.90 Å². The molecule has 0 saturated carbocycles. The molecule has 128 valence electrons. The third-order valence-corrected chi connectivity index (χ3v) is 5.51. The minimum atomic E-state index is -3.65. The Bertz CT molecular complexity index is 835. The van der Waals surface area contributed by atoms with Crippen molar-refractivity contribution in [2.45, 2.75) is 30.7 Å². The zero-order valence-corrected chi connectivity index (χ0v) is 14.3. The fourth-order valence-electron chi connectivity index (χ4n) is 3.34. The van der Waals surface area contributed by atoms with Gasteiger partial charge < -0.3 is 5.32 Å². The molecule has 1 aliphatic rings. The van der Waals surface area contributed by atoms with Gasteiger partial charge in [-0.3, -0.25) is 0 Å². The average Bonchev–Trinajstić information content (AvgIpc) is 2.82. The lowest BCUT2D eigenvalue weighted by atomic mass is 10.0. The lowest BCUT2D eigenvalue weighted by Crippen LogP contribution is -2.26. The topological polar surface area (TPSA) is 72.2 Å². The summed E-state index contributed by atoms with van der Waals surface area (Å²) < 4.78 is 36.0. The summed E-state index contributed by atoms with van der Waals surface area (Å²) in [5.74, 6) is 0.222. The van der Waals surface area contributed by atoms with Crippen molar-refractivity contribution in [1.82, 2.24) is 5.32 Å². The van der Waals surface area contributed by atoms with Crippen LogP contribution in [-0.2, 0) is 22.9 Å². The van der Waals surface area contributed by atoms with Gasteiger partial charge in [-0.25, -0.2) is 17.9 Å². The quantitative estimate of drug-likeness (QED) is 0.872. The maximum absolute atomic E-state index is 13.5. The Balaban J connectivity index is 1.62. The molecule has 0 heterocycles. The molecule has 4 nitrogen and oxygen atoms in total. The van der Waals surface area contributed by atoms with Crippen LogP contribution in [0.1, 0.15) is 29.7 Å². The molecule has 2 aromatic rings. The Morgan fingerprint density at radius 1 is 1.21 bits per heavy atom. The standard InChI is InChI=1S/C18H21FN2O2S/c1-12-10-14-4-5-15(19)11-17(14)18(12)21-9-8-13-2-6-16(7-3-13)24(20,22)23/h2-7,11-12,18,21H,8-10H2,1H3,(H2,20,22,23)/t12-,18-/m1/s1. The summed E-state index contributed by atoms with van der Waals surface area (Å²) in [6.45, 7) is 2.90. The van der Waals surface area contributed by atoms with Crippen LogP contribution in [0.2, 0.25) is 0 Å². The van der Waals surface area contributed by atoms with Crippen molar-refractivity contribution in [3.05, 3.63) is 65.0 Å². The molecule has 3 N–H and O–H groups in total. The molecule has 0 bridgehead atoms. The molecule has 3 rings (SSSR count). The lowest BCUT2D eigenvalue weighted by Gasteiger charge is -2.19. The molecule has 6 heteroatoms. The number of sulfonamides is 1. The second-order valence-corrected chi connectivity index (χ2v) is 7.96. The van der Waals surface area contributed by atoms with Gasteiger partial charge in [0, 0.05) is 6.04 Å². The molecule has 0 aliphatic heterocycles. The molecule has 24 heavy (non-hydrogen) atoms. The first kappa shape index (κ1) is 17.1.